The Labute approximate surface area is 122 Å². The molecule has 0 aliphatic carbocycles. The first-order valence-corrected chi connectivity index (χ1v) is 5.63. The second-order valence-corrected chi connectivity index (χ2v) is 4.23. The molecular weight excluding hydrogens is 294 g/mol. The summed E-state index contributed by atoms with van der Waals surface area (Å²) in [6.07, 6.45) is 0.876. The average Bonchev–Trinajstić information content (AvgIpc) is 2.50. The summed E-state index contributed by atoms with van der Waals surface area (Å²) >= 11 is 0. The zero-order valence-corrected chi connectivity index (χ0v) is 10.7. The van der Waals surface area contributed by atoms with E-state index in [2.05, 4.69) is 10.3 Å². The molecule has 1 aromatic carbocycles. The number of phenolic OH excluding ortho intramolecular Hbond substituents is 2. The Hall–Kier alpha value is -3.79. The maximum Gasteiger partial charge on any atom is 0.315 e. The van der Waals surface area contributed by atoms with Crippen LogP contribution >= 0.6 is 0 Å². The fourth-order valence-electron chi connectivity index (χ4n) is 1.74. The lowest BCUT2D eigenvalue weighted by Gasteiger charge is -2.23. The van der Waals surface area contributed by atoms with E-state index in [9.17, 15) is 25.4 Å². The number of aliphatic imine (C=N–C) groups is 1. The number of hydrogen-bond acceptors (Lipinski definition) is 9. The second kappa shape index (κ2) is 4.96. The fourth-order valence-corrected chi connectivity index (χ4v) is 1.74. The Morgan fingerprint density at radius 1 is 1.27 bits per heavy atom. The summed E-state index contributed by atoms with van der Waals surface area (Å²) in [7, 11) is 0. The van der Waals surface area contributed by atoms with Gasteiger partial charge in [-0.1, -0.05) is 0 Å². The van der Waals surface area contributed by atoms with Crippen molar-refractivity contribution in [1.29, 1.82) is 10.5 Å². The molecule has 0 spiro atoms. The Kier molecular flexibility index (Phi) is 3.29. The Balaban J connectivity index is 2.62. The molecule has 0 bridgehead atoms. The number of nitrogens with zero attached hydrogens (tertiary/aromatic N) is 4. The Bertz CT molecular complexity index is 800. The quantitative estimate of drug-likeness (QED) is 0.349. The first-order valence-electron chi connectivity index (χ1n) is 5.63. The van der Waals surface area contributed by atoms with Crippen molar-refractivity contribution in [2.24, 2.45) is 4.99 Å². The van der Waals surface area contributed by atoms with Crippen molar-refractivity contribution in [1.82, 2.24) is 5.32 Å². The van der Waals surface area contributed by atoms with E-state index in [0.717, 1.165) is 18.3 Å². The molecule has 4 N–H and O–H groups in total. The maximum absolute atomic E-state index is 10.8. The highest BCUT2D eigenvalue weighted by Gasteiger charge is 2.34. The van der Waals surface area contributed by atoms with Crippen LogP contribution in [0.4, 0.5) is 5.69 Å². The normalized spacial score (nSPS) is 15.5. The van der Waals surface area contributed by atoms with Crippen LogP contribution in [0.1, 0.15) is 5.56 Å². The molecule has 0 saturated carbocycles. The SMILES string of the molecule is N#CC1(C#N)C=NC(O)=C(c2cc(O)c(O)c([N+](=O)[O-])c2)N1. The topological polar surface area (TPSA) is 176 Å². The lowest BCUT2D eigenvalue weighted by molar-refractivity contribution is -0.386. The monoisotopic (exact) mass is 301 g/mol. The summed E-state index contributed by atoms with van der Waals surface area (Å²) < 4.78 is 0. The minimum Gasteiger partial charge on any atom is -0.504 e. The van der Waals surface area contributed by atoms with Gasteiger partial charge in [-0.25, -0.2) is 4.99 Å². The zero-order chi connectivity index (χ0) is 16.5. The van der Waals surface area contributed by atoms with Crippen molar-refractivity contribution in [3.05, 3.63) is 33.7 Å². The molecule has 0 atom stereocenters. The minimum absolute atomic E-state index is 0.133. The molecule has 0 radical (unpaired) electrons. The van der Waals surface area contributed by atoms with E-state index in [1.807, 2.05) is 0 Å². The number of nitro benzene ring substituents is 1. The molecule has 22 heavy (non-hydrogen) atoms. The molecule has 0 fully saturated rings. The van der Waals surface area contributed by atoms with Crippen molar-refractivity contribution >= 4 is 17.6 Å². The lowest BCUT2D eigenvalue weighted by Crippen LogP contribution is -2.45. The van der Waals surface area contributed by atoms with Gasteiger partial charge in [-0.05, 0) is 6.07 Å². The summed E-state index contributed by atoms with van der Waals surface area (Å²) in [5, 5.41) is 59.9. The van der Waals surface area contributed by atoms with E-state index < -0.39 is 33.5 Å². The molecule has 0 amide bonds. The van der Waals surface area contributed by atoms with Gasteiger partial charge in [0, 0.05) is 11.6 Å². The van der Waals surface area contributed by atoms with Crippen molar-refractivity contribution < 1.29 is 20.2 Å². The van der Waals surface area contributed by atoms with Crippen LogP contribution in [0.25, 0.3) is 5.70 Å². The van der Waals surface area contributed by atoms with Gasteiger partial charge in [-0.15, -0.1) is 0 Å². The van der Waals surface area contributed by atoms with Gasteiger partial charge < -0.3 is 20.6 Å². The third-order valence-corrected chi connectivity index (χ3v) is 2.83. The highest BCUT2D eigenvalue weighted by molar-refractivity contribution is 5.88. The Morgan fingerprint density at radius 2 is 1.91 bits per heavy atom. The van der Waals surface area contributed by atoms with Crippen LogP contribution in [0, 0.1) is 32.8 Å². The molecule has 10 heteroatoms. The van der Waals surface area contributed by atoms with Crippen LogP contribution in [0.2, 0.25) is 0 Å². The van der Waals surface area contributed by atoms with Crippen LogP contribution in [0.5, 0.6) is 11.5 Å². The summed E-state index contributed by atoms with van der Waals surface area (Å²) in [6.45, 7) is 0. The molecule has 1 aliphatic rings. The van der Waals surface area contributed by atoms with Gasteiger partial charge in [0.2, 0.25) is 17.2 Å². The van der Waals surface area contributed by atoms with Crippen LogP contribution in [-0.4, -0.2) is 32.0 Å². The first-order chi connectivity index (χ1) is 10.3. The van der Waals surface area contributed by atoms with Crippen molar-refractivity contribution in [3.63, 3.8) is 0 Å². The van der Waals surface area contributed by atoms with E-state index in [1.54, 1.807) is 12.1 Å². The highest BCUT2D eigenvalue weighted by atomic mass is 16.6. The van der Waals surface area contributed by atoms with Gasteiger partial charge in [0.15, 0.2) is 5.75 Å². The molecule has 110 valence electrons. The number of aliphatic hydroxyl groups is 1. The zero-order valence-electron chi connectivity index (χ0n) is 10.7. The smallest absolute Gasteiger partial charge is 0.315 e. The van der Waals surface area contributed by atoms with Gasteiger partial charge in [-0.3, -0.25) is 10.1 Å². The summed E-state index contributed by atoms with van der Waals surface area (Å²) in [6, 6.07) is 5.05. The van der Waals surface area contributed by atoms with Gasteiger partial charge in [0.05, 0.1) is 11.1 Å². The van der Waals surface area contributed by atoms with Crippen LogP contribution < -0.4 is 5.32 Å². The van der Waals surface area contributed by atoms with Crippen molar-refractivity contribution in [2.45, 2.75) is 5.54 Å². The molecular formula is C12H7N5O5. The number of benzene rings is 1. The maximum atomic E-state index is 10.8. The Morgan fingerprint density at radius 3 is 2.45 bits per heavy atom. The number of aliphatic hydroxyl groups excluding tert-OH is 1. The van der Waals surface area contributed by atoms with E-state index in [4.69, 9.17) is 10.5 Å². The van der Waals surface area contributed by atoms with Crippen LogP contribution in [0.3, 0.4) is 0 Å². The number of phenols is 2. The molecule has 1 heterocycles. The van der Waals surface area contributed by atoms with Crippen molar-refractivity contribution in [3.8, 4) is 23.6 Å². The van der Waals surface area contributed by atoms with Gasteiger partial charge in [0.25, 0.3) is 0 Å². The van der Waals surface area contributed by atoms with E-state index in [0.29, 0.717) is 0 Å². The molecule has 2 rings (SSSR count). The minimum atomic E-state index is -1.87. The fraction of sp³-hybridized carbons (Fsp3) is 0.0833. The molecule has 10 nitrogen and oxygen atoms in total. The molecule has 1 aromatic rings. The molecule has 0 unspecified atom stereocenters. The highest BCUT2D eigenvalue weighted by Crippen LogP contribution is 2.38. The number of aromatic hydroxyl groups is 2. The predicted molar refractivity (Wildman–Crippen MR) is 71.6 cm³/mol. The summed E-state index contributed by atoms with van der Waals surface area (Å²) in [5.74, 6) is -2.39. The molecule has 0 aromatic heterocycles. The predicted octanol–water partition coefficient (Wildman–Crippen LogP) is 0.650. The second-order valence-electron chi connectivity index (χ2n) is 4.23. The van der Waals surface area contributed by atoms with E-state index in [1.165, 1.54) is 0 Å². The number of rotatable bonds is 2. The third-order valence-electron chi connectivity index (χ3n) is 2.83. The lowest BCUT2D eigenvalue weighted by atomic mass is 10.0. The van der Waals surface area contributed by atoms with E-state index >= 15 is 0 Å². The van der Waals surface area contributed by atoms with Crippen molar-refractivity contribution in [2.75, 3.05) is 0 Å². The standard InChI is InChI=1S/C12H7N5O5/c13-3-12(4-14)5-15-11(20)9(16-12)6-1-7(17(21)22)10(19)8(18)2-6/h1-2,5,16,18-20H. The summed E-state index contributed by atoms with van der Waals surface area (Å²) in [4.78, 5) is 13.4. The van der Waals surface area contributed by atoms with Crippen LogP contribution in [-0.2, 0) is 0 Å². The van der Waals surface area contributed by atoms with Crippen LogP contribution in [0.15, 0.2) is 23.0 Å². The van der Waals surface area contributed by atoms with Gasteiger partial charge in [-0.2, -0.15) is 10.5 Å². The third kappa shape index (κ3) is 2.21. The van der Waals surface area contributed by atoms with Gasteiger partial charge >= 0.3 is 5.69 Å². The van der Waals surface area contributed by atoms with Gasteiger partial charge in [0.1, 0.15) is 17.8 Å². The summed E-state index contributed by atoms with van der Waals surface area (Å²) in [5.41, 5.74) is -3.09. The number of hydrogen-bond donors (Lipinski definition) is 4. The number of nitriles is 2. The molecule has 1 aliphatic heterocycles. The average molecular weight is 301 g/mol. The molecule has 0 saturated heterocycles. The van der Waals surface area contributed by atoms with E-state index in [-0.39, 0.29) is 11.3 Å². The first kappa shape index (κ1) is 14.6. The number of nitrogens with one attached hydrogen (secondary N) is 1. The number of nitro groups is 1. The largest absolute Gasteiger partial charge is 0.504 e.